The fourth-order valence-corrected chi connectivity index (χ4v) is 1.41. The van der Waals surface area contributed by atoms with Gasteiger partial charge in [0.2, 0.25) is 0 Å². The molecule has 1 saturated carbocycles. The molecule has 2 heteroatoms. The first kappa shape index (κ1) is 7.32. The van der Waals surface area contributed by atoms with Crippen LogP contribution < -0.4 is 0 Å². The Morgan fingerprint density at radius 3 is 2.90 bits per heavy atom. The molecular formula is C8H12O2. The lowest BCUT2D eigenvalue weighted by atomic mass is 10.1. The maximum atomic E-state index is 9.95. The molecule has 0 aliphatic heterocycles. The van der Waals surface area contributed by atoms with E-state index in [9.17, 15) is 4.79 Å². The molecule has 0 aromatic carbocycles. The van der Waals surface area contributed by atoms with Gasteiger partial charge in [0.15, 0.2) is 0 Å². The van der Waals surface area contributed by atoms with Gasteiger partial charge in [-0.2, -0.15) is 0 Å². The van der Waals surface area contributed by atoms with E-state index in [1.807, 2.05) is 0 Å². The predicted octanol–water partition coefficient (Wildman–Crippen LogP) is 1.51. The van der Waals surface area contributed by atoms with Crippen molar-refractivity contribution in [1.82, 2.24) is 0 Å². The van der Waals surface area contributed by atoms with Crippen molar-refractivity contribution in [3.63, 3.8) is 0 Å². The molecule has 1 rings (SSSR count). The van der Waals surface area contributed by atoms with E-state index in [2.05, 4.69) is 13.5 Å². The summed E-state index contributed by atoms with van der Waals surface area (Å²) in [5.41, 5.74) is 1.06. The van der Waals surface area contributed by atoms with Gasteiger partial charge < -0.3 is 4.74 Å². The van der Waals surface area contributed by atoms with Crippen LogP contribution in [0.15, 0.2) is 12.2 Å². The summed E-state index contributed by atoms with van der Waals surface area (Å²) in [6.45, 7) is 6.47. The smallest absolute Gasteiger partial charge is 0.293 e. The second-order valence-corrected chi connectivity index (χ2v) is 2.92. The van der Waals surface area contributed by atoms with Crippen LogP contribution in [0, 0.1) is 5.92 Å². The summed E-state index contributed by atoms with van der Waals surface area (Å²) < 4.78 is 4.81. The van der Waals surface area contributed by atoms with Crippen molar-refractivity contribution in [1.29, 1.82) is 0 Å². The number of ether oxygens (including phenoxy) is 1. The van der Waals surface area contributed by atoms with Crippen LogP contribution >= 0.6 is 0 Å². The Kier molecular flexibility index (Phi) is 2.10. The van der Waals surface area contributed by atoms with Crippen molar-refractivity contribution >= 4 is 6.47 Å². The van der Waals surface area contributed by atoms with Crippen LogP contribution in [0.3, 0.4) is 0 Å². The van der Waals surface area contributed by atoms with Gasteiger partial charge in [-0.3, -0.25) is 4.79 Å². The van der Waals surface area contributed by atoms with Crippen LogP contribution in [0.2, 0.25) is 0 Å². The number of rotatable bonds is 2. The highest BCUT2D eigenvalue weighted by atomic mass is 16.5. The molecule has 0 amide bonds. The minimum Gasteiger partial charge on any atom is -0.460 e. The first-order chi connectivity index (χ1) is 4.74. The quantitative estimate of drug-likeness (QED) is 0.429. The van der Waals surface area contributed by atoms with Crippen molar-refractivity contribution in [3.05, 3.63) is 12.2 Å². The highest BCUT2D eigenvalue weighted by Gasteiger charge is 2.25. The van der Waals surface area contributed by atoms with Gasteiger partial charge >= 0.3 is 0 Å². The van der Waals surface area contributed by atoms with Crippen LogP contribution in [0.1, 0.15) is 19.8 Å². The largest absolute Gasteiger partial charge is 0.460 e. The molecule has 0 N–H and O–H groups in total. The van der Waals surface area contributed by atoms with Crippen molar-refractivity contribution in [2.24, 2.45) is 5.92 Å². The summed E-state index contributed by atoms with van der Waals surface area (Å²) in [6.07, 6.45) is 1.93. The molecule has 1 aliphatic carbocycles. The molecule has 0 saturated heterocycles. The van der Waals surface area contributed by atoms with E-state index in [4.69, 9.17) is 4.74 Å². The zero-order valence-electron chi connectivity index (χ0n) is 6.17. The second-order valence-electron chi connectivity index (χ2n) is 2.92. The molecule has 0 spiro atoms. The van der Waals surface area contributed by atoms with E-state index in [0.29, 0.717) is 12.4 Å². The molecule has 0 heterocycles. The zero-order chi connectivity index (χ0) is 7.56. The molecule has 1 aliphatic rings. The van der Waals surface area contributed by atoms with E-state index in [1.165, 1.54) is 0 Å². The molecule has 56 valence electrons. The molecular weight excluding hydrogens is 128 g/mol. The van der Waals surface area contributed by atoms with Gasteiger partial charge in [0.25, 0.3) is 6.47 Å². The van der Waals surface area contributed by atoms with Crippen LogP contribution in [0.25, 0.3) is 0 Å². The third-order valence-corrected chi connectivity index (χ3v) is 1.90. The second kappa shape index (κ2) is 2.86. The molecule has 0 bridgehead atoms. The Balaban J connectivity index is 2.46. The van der Waals surface area contributed by atoms with Gasteiger partial charge in [-0.15, -0.1) is 0 Å². The van der Waals surface area contributed by atoms with Gasteiger partial charge in [0, 0.05) is 0 Å². The van der Waals surface area contributed by atoms with E-state index in [1.54, 1.807) is 0 Å². The van der Waals surface area contributed by atoms with E-state index >= 15 is 0 Å². The predicted molar refractivity (Wildman–Crippen MR) is 38.5 cm³/mol. The number of hydrogen-bond donors (Lipinski definition) is 0. The van der Waals surface area contributed by atoms with Crippen LogP contribution in [-0.4, -0.2) is 12.6 Å². The molecule has 2 nitrogen and oxygen atoms in total. The lowest BCUT2D eigenvalue weighted by molar-refractivity contribution is -0.131. The lowest BCUT2D eigenvalue weighted by Crippen LogP contribution is -2.08. The fraction of sp³-hybridized carbons (Fsp3) is 0.625. The number of carbonyl (C=O) groups is 1. The Morgan fingerprint density at radius 2 is 2.50 bits per heavy atom. The third-order valence-electron chi connectivity index (χ3n) is 1.90. The standard InChI is InChI=1S/C8H12O2/c1-6-3-7(2)8(4-6)10-5-9/h5-6,8H,2-4H2,1H3/t6-,8-/m1/s1. The summed E-state index contributed by atoms with van der Waals surface area (Å²) in [7, 11) is 0. The highest BCUT2D eigenvalue weighted by Crippen LogP contribution is 2.30. The van der Waals surface area contributed by atoms with Gasteiger partial charge in [-0.1, -0.05) is 13.5 Å². The average molecular weight is 140 g/mol. The van der Waals surface area contributed by atoms with Crippen molar-refractivity contribution < 1.29 is 9.53 Å². The van der Waals surface area contributed by atoms with Crippen LogP contribution in [0.5, 0.6) is 0 Å². The molecule has 0 aromatic rings. The topological polar surface area (TPSA) is 26.3 Å². The van der Waals surface area contributed by atoms with Gasteiger partial charge in [0.1, 0.15) is 6.10 Å². The summed E-state index contributed by atoms with van der Waals surface area (Å²) in [5, 5.41) is 0. The number of carbonyl (C=O) groups excluding carboxylic acids is 1. The molecule has 10 heavy (non-hydrogen) atoms. The fourth-order valence-electron chi connectivity index (χ4n) is 1.41. The van der Waals surface area contributed by atoms with Crippen molar-refractivity contribution in [3.8, 4) is 0 Å². The average Bonchev–Trinajstić information content (AvgIpc) is 2.13. The SMILES string of the molecule is C=C1C[C@@H](C)C[C@H]1OC=O. The van der Waals surface area contributed by atoms with Gasteiger partial charge in [-0.05, 0) is 24.3 Å². The minimum atomic E-state index is -0.00694. The first-order valence-electron chi connectivity index (χ1n) is 3.50. The summed E-state index contributed by atoms with van der Waals surface area (Å²) in [4.78, 5) is 9.95. The van der Waals surface area contributed by atoms with Crippen molar-refractivity contribution in [2.45, 2.75) is 25.9 Å². The van der Waals surface area contributed by atoms with Crippen LogP contribution in [-0.2, 0) is 9.53 Å². The maximum absolute atomic E-state index is 9.95. The Hall–Kier alpha value is -0.790. The molecule has 2 atom stereocenters. The Morgan fingerprint density at radius 1 is 1.80 bits per heavy atom. The van der Waals surface area contributed by atoms with Gasteiger partial charge in [0.05, 0.1) is 0 Å². The lowest BCUT2D eigenvalue weighted by Gasteiger charge is -2.06. The molecule has 0 unspecified atom stereocenters. The van der Waals surface area contributed by atoms with E-state index in [-0.39, 0.29) is 6.10 Å². The summed E-state index contributed by atoms with van der Waals surface area (Å²) in [5.74, 6) is 0.623. The zero-order valence-corrected chi connectivity index (χ0v) is 6.17. The third kappa shape index (κ3) is 1.38. The minimum absolute atomic E-state index is 0.00694. The van der Waals surface area contributed by atoms with E-state index in [0.717, 1.165) is 18.4 Å². The summed E-state index contributed by atoms with van der Waals surface area (Å²) >= 11 is 0. The van der Waals surface area contributed by atoms with E-state index < -0.39 is 0 Å². The molecule has 1 fully saturated rings. The molecule has 0 radical (unpaired) electrons. The maximum Gasteiger partial charge on any atom is 0.293 e. The molecule has 0 aromatic heterocycles. The summed E-state index contributed by atoms with van der Waals surface area (Å²) in [6, 6.07) is 0. The highest BCUT2D eigenvalue weighted by molar-refractivity contribution is 5.39. The van der Waals surface area contributed by atoms with Crippen molar-refractivity contribution in [2.75, 3.05) is 0 Å². The van der Waals surface area contributed by atoms with Crippen LogP contribution in [0.4, 0.5) is 0 Å². The Labute approximate surface area is 60.9 Å². The van der Waals surface area contributed by atoms with Gasteiger partial charge in [-0.25, -0.2) is 0 Å². The number of hydrogen-bond acceptors (Lipinski definition) is 2. The monoisotopic (exact) mass is 140 g/mol. The first-order valence-corrected chi connectivity index (χ1v) is 3.50. The normalized spacial score (nSPS) is 32.3. The Bertz CT molecular complexity index is 151.